The second-order valence-electron chi connectivity index (χ2n) is 5.26. The predicted octanol–water partition coefficient (Wildman–Crippen LogP) is 3.87. The van der Waals surface area contributed by atoms with E-state index in [1.54, 1.807) is 24.3 Å². The molecule has 2 aromatic rings. The van der Waals surface area contributed by atoms with Crippen molar-refractivity contribution in [2.75, 3.05) is 5.32 Å². The van der Waals surface area contributed by atoms with Crippen LogP contribution in [0.25, 0.3) is 0 Å². The summed E-state index contributed by atoms with van der Waals surface area (Å²) in [5.74, 6) is -0.126. The maximum Gasteiger partial charge on any atom is 0.335 e. The Morgan fingerprint density at radius 2 is 1.90 bits per heavy atom. The fraction of sp³-hybridized carbons (Fsp3) is 0.235. The largest absolute Gasteiger partial charge is 0.478 e. The molecule has 0 spiro atoms. The molecule has 0 saturated heterocycles. The van der Waals surface area contributed by atoms with Gasteiger partial charge in [0.25, 0.3) is 0 Å². The molecule has 1 aliphatic rings. The van der Waals surface area contributed by atoms with E-state index < -0.39 is 5.97 Å². The van der Waals surface area contributed by atoms with Gasteiger partial charge < -0.3 is 10.4 Å². The van der Waals surface area contributed by atoms with Crippen molar-refractivity contribution in [3.8, 4) is 0 Å². The van der Waals surface area contributed by atoms with E-state index >= 15 is 0 Å². The Kier molecular flexibility index (Phi) is 3.42. The Hall–Kier alpha value is -2.29. The van der Waals surface area contributed by atoms with E-state index in [1.807, 2.05) is 0 Å². The minimum atomic E-state index is -0.895. The van der Waals surface area contributed by atoms with Crippen LogP contribution in [0.15, 0.2) is 48.5 Å². The highest BCUT2D eigenvalue weighted by atomic mass is 16.4. The fourth-order valence-corrected chi connectivity index (χ4v) is 2.31. The molecule has 102 valence electrons. The molecule has 1 aliphatic carbocycles. The lowest BCUT2D eigenvalue weighted by atomic mass is 10.1. The third-order valence-electron chi connectivity index (χ3n) is 3.63. The number of hydrogen-bond acceptors (Lipinski definition) is 2. The summed E-state index contributed by atoms with van der Waals surface area (Å²) in [5.41, 5.74) is 3.94. The number of rotatable bonds is 5. The molecule has 0 atom stereocenters. The van der Waals surface area contributed by atoms with Crippen molar-refractivity contribution in [3.05, 3.63) is 65.2 Å². The quantitative estimate of drug-likeness (QED) is 0.864. The number of nitrogens with one attached hydrogen (secondary N) is 1. The summed E-state index contributed by atoms with van der Waals surface area (Å²) in [4.78, 5) is 10.8. The van der Waals surface area contributed by atoms with Gasteiger partial charge in [0.2, 0.25) is 0 Å². The Morgan fingerprint density at radius 3 is 2.55 bits per heavy atom. The summed E-state index contributed by atoms with van der Waals surface area (Å²) in [7, 11) is 0. The van der Waals surface area contributed by atoms with Gasteiger partial charge in [0, 0.05) is 12.2 Å². The first-order chi connectivity index (χ1) is 9.72. The highest BCUT2D eigenvalue weighted by Crippen LogP contribution is 2.40. The van der Waals surface area contributed by atoms with Gasteiger partial charge in [-0.1, -0.05) is 24.3 Å². The molecule has 3 nitrogen and oxygen atoms in total. The number of carbonyl (C=O) groups is 1. The van der Waals surface area contributed by atoms with Crippen molar-refractivity contribution in [3.63, 3.8) is 0 Å². The van der Waals surface area contributed by atoms with Crippen LogP contribution in [0.3, 0.4) is 0 Å². The molecule has 1 fully saturated rings. The number of hydrogen-bond donors (Lipinski definition) is 2. The zero-order valence-corrected chi connectivity index (χ0v) is 11.2. The van der Waals surface area contributed by atoms with Crippen LogP contribution in [0, 0.1) is 0 Å². The van der Waals surface area contributed by atoms with Gasteiger partial charge in [-0.05, 0) is 54.2 Å². The lowest BCUT2D eigenvalue weighted by Gasteiger charge is -2.08. The van der Waals surface area contributed by atoms with E-state index in [9.17, 15) is 4.79 Å². The molecule has 0 bridgehead atoms. The number of carboxylic acid groups (broad SMARTS) is 1. The van der Waals surface area contributed by atoms with Crippen molar-refractivity contribution in [2.45, 2.75) is 25.3 Å². The van der Waals surface area contributed by atoms with Crippen molar-refractivity contribution in [1.29, 1.82) is 0 Å². The molecular weight excluding hydrogens is 250 g/mol. The number of benzene rings is 2. The summed E-state index contributed by atoms with van der Waals surface area (Å²) in [6.07, 6.45) is 2.63. The Morgan fingerprint density at radius 1 is 1.15 bits per heavy atom. The molecule has 1 saturated carbocycles. The minimum absolute atomic E-state index is 0.311. The SMILES string of the molecule is O=C(O)c1ccc(NCc2cccc(C3CC3)c2)cc1. The van der Waals surface area contributed by atoms with Crippen LogP contribution >= 0.6 is 0 Å². The fourth-order valence-electron chi connectivity index (χ4n) is 2.31. The molecule has 0 heterocycles. The molecule has 3 heteroatoms. The number of carboxylic acids is 1. The maximum absolute atomic E-state index is 10.8. The monoisotopic (exact) mass is 267 g/mol. The molecule has 0 aliphatic heterocycles. The van der Waals surface area contributed by atoms with E-state index in [0.717, 1.165) is 18.2 Å². The van der Waals surface area contributed by atoms with Gasteiger partial charge in [-0.2, -0.15) is 0 Å². The third kappa shape index (κ3) is 2.99. The van der Waals surface area contributed by atoms with Crippen molar-refractivity contribution >= 4 is 11.7 Å². The lowest BCUT2D eigenvalue weighted by molar-refractivity contribution is 0.0697. The van der Waals surface area contributed by atoms with Gasteiger partial charge >= 0.3 is 5.97 Å². The Labute approximate surface area is 118 Å². The summed E-state index contributed by atoms with van der Waals surface area (Å²) < 4.78 is 0. The molecule has 0 radical (unpaired) electrons. The smallest absolute Gasteiger partial charge is 0.335 e. The molecule has 20 heavy (non-hydrogen) atoms. The highest BCUT2D eigenvalue weighted by molar-refractivity contribution is 5.87. The first-order valence-corrected chi connectivity index (χ1v) is 6.88. The Balaban J connectivity index is 1.63. The molecule has 0 aromatic heterocycles. The molecular formula is C17H17NO2. The first-order valence-electron chi connectivity index (χ1n) is 6.88. The topological polar surface area (TPSA) is 49.3 Å². The second kappa shape index (κ2) is 5.37. The first kappa shape index (κ1) is 12.7. The van der Waals surface area contributed by atoms with Crippen LogP contribution in [-0.2, 0) is 6.54 Å². The van der Waals surface area contributed by atoms with E-state index in [4.69, 9.17) is 5.11 Å². The second-order valence-corrected chi connectivity index (χ2v) is 5.26. The van der Waals surface area contributed by atoms with E-state index in [1.165, 1.54) is 24.0 Å². The average Bonchev–Trinajstić information content (AvgIpc) is 3.30. The molecule has 0 unspecified atom stereocenters. The van der Waals surface area contributed by atoms with E-state index in [0.29, 0.717) is 5.56 Å². The van der Waals surface area contributed by atoms with Crippen LogP contribution in [-0.4, -0.2) is 11.1 Å². The van der Waals surface area contributed by atoms with Crippen LogP contribution in [0.5, 0.6) is 0 Å². The van der Waals surface area contributed by atoms with Gasteiger partial charge in [0.05, 0.1) is 5.56 Å². The van der Waals surface area contributed by atoms with E-state index in [2.05, 4.69) is 29.6 Å². The third-order valence-corrected chi connectivity index (χ3v) is 3.63. The summed E-state index contributed by atoms with van der Waals surface area (Å²) in [6.45, 7) is 0.757. The van der Waals surface area contributed by atoms with Crippen LogP contribution in [0.1, 0.15) is 40.2 Å². The average molecular weight is 267 g/mol. The zero-order chi connectivity index (χ0) is 13.9. The predicted molar refractivity (Wildman–Crippen MR) is 79.1 cm³/mol. The standard InChI is InChI=1S/C17H17NO2/c19-17(20)14-6-8-16(9-7-14)18-11-12-2-1-3-15(10-12)13-4-5-13/h1-3,6-10,13,18H,4-5,11H2,(H,19,20). The summed E-state index contributed by atoms with van der Waals surface area (Å²) in [6, 6.07) is 15.5. The highest BCUT2D eigenvalue weighted by Gasteiger charge is 2.23. The molecule has 2 N–H and O–H groups in total. The zero-order valence-electron chi connectivity index (χ0n) is 11.2. The van der Waals surface area contributed by atoms with Crippen molar-refractivity contribution in [1.82, 2.24) is 0 Å². The van der Waals surface area contributed by atoms with Gasteiger partial charge in [-0.25, -0.2) is 4.79 Å². The Bertz CT molecular complexity index is 615. The van der Waals surface area contributed by atoms with Gasteiger partial charge in [-0.15, -0.1) is 0 Å². The van der Waals surface area contributed by atoms with Crippen molar-refractivity contribution in [2.24, 2.45) is 0 Å². The molecule has 0 amide bonds. The number of anilines is 1. The normalized spacial score (nSPS) is 14.0. The summed E-state index contributed by atoms with van der Waals surface area (Å²) >= 11 is 0. The van der Waals surface area contributed by atoms with Gasteiger partial charge in [0.1, 0.15) is 0 Å². The van der Waals surface area contributed by atoms with Crippen LogP contribution < -0.4 is 5.32 Å². The lowest BCUT2D eigenvalue weighted by Crippen LogP contribution is -2.01. The maximum atomic E-state index is 10.8. The van der Waals surface area contributed by atoms with Gasteiger partial charge in [-0.3, -0.25) is 0 Å². The molecule has 3 rings (SSSR count). The van der Waals surface area contributed by atoms with Crippen LogP contribution in [0.4, 0.5) is 5.69 Å². The molecule has 2 aromatic carbocycles. The van der Waals surface area contributed by atoms with Gasteiger partial charge in [0.15, 0.2) is 0 Å². The number of aromatic carboxylic acids is 1. The minimum Gasteiger partial charge on any atom is -0.478 e. The summed E-state index contributed by atoms with van der Waals surface area (Å²) in [5, 5.41) is 12.2. The van der Waals surface area contributed by atoms with Crippen molar-refractivity contribution < 1.29 is 9.90 Å². The van der Waals surface area contributed by atoms with Crippen LogP contribution in [0.2, 0.25) is 0 Å². The van der Waals surface area contributed by atoms with E-state index in [-0.39, 0.29) is 0 Å².